The Morgan fingerprint density at radius 3 is 2.17 bits per heavy atom. The number of hydrogen-bond acceptors (Lipinski definition) is 6. The van der Waals surface area contributed by atoms with Crippen molar-refractivity contribution in [3.05, 3.63) is 54.5 Å². The molecule has 0 spiro atoms. The van der Waals surface area contributed by atoms with Crippen molar-refractivity contribution in [2.24, 2.45) is 5.41 Å². The smallest absolute Gasteiger partial charge is 0.434 e. The first-order chi connectivity index (χ1) is 18.8. The van der Waals surface area contributed by atoms with E-state index in [1.165, 1.54) is 17.9 Å². The molecule has 7 nitrogen and oxygen atoms in total. The van der Waals surface area contributed by atoms with Gasteiger partial charge in [0.15, 0.2) is 5.69 Å². The summed E-state index contributed by atoms with van der Waals surface area (Å²) in [7, 11) is 0.599. The second kappa shape index (κ2) is 13.1. The SMILES string of the molecule is CCC(CC)(COc1ccc(-c2ccc(-c3nc(C(F)(F)F)cn3COCCS(C)(C)C)cn2)cc1)C(=O)OC. The van der Waals surface area contributed by atoms with Crippen LogP contribution >= 0.6 is 10.0 Å². The number of aromatic nitrogens is 3. The van der Waals surface area contributed by atoms with Crippen LogP contribution in [0.3, 0.4) is 0 Å². The van der Waals surface area contributed by atoms with Crippen molar-refractivity contribution in [1.82, 2.24) is 14.5 Å². The van der Waals surface area contributed by atoms with Gasteiger partial charge >= 0.3 is 12.1 Å². The molecule has 0 bridgehead atoms. The predicted octanol–water partition coefficient (Wildman–Crippen LogP) is 6.66. The first-order valence-corrected chi connectivity index (χ1v) is 16.0. The lowest BCUT2D eigenvalue weighted by molar-refractivity contribution is -0.155. The molecule has 0 aliphatic carbocycles. The van der Waals surface area contributed by atoms with Crippen LogP contribution in [0.5, 0.6) is 5.75 Å². The van der Waals surface area contributed by atoms with E-state index in [4.69, 9.17) is 14.2 Å². The zero-order valence-electron chi connectivity index (χ0n) is 23.9. The van der Waals surface area contributed by atoms with E-state index in [0.717, 1.165) is 17.5 Å². The maximum absolute atomic E-state index is 13.4. The van der Waals surface area contributed by atoms with E-state index < -0.39 is 27.3 Å². The van der Waals surface area contributed by atoms with Gasteiger partial charge in [-0.25, -0.2) is 15.0 Å². The van der Waals surface area contributed by atoms with Gasteiger partial charge in [0.25, 0.3) is 0 Å². The molecule has 0 saturated heterocycles. The molecule has 0 amide bonds. The highest BCUT2D eigenvalue weighted by molar-refractivity contribution is 8.32. The van der Waals surface area contributed by atoms with Crippen molar-refractivity contribution < 1.29 is 32.2 Å². The number of benzene rings is 1. The molecular weight excluding hydrogens is 543 g/mol. The van der Waals surface area contributed by atoms with Crippen LogP contribution in [0, 0.1) is 5.41 Å². The van der Waals surface area contributed by atoms with Gasteiger partial charge in [-0.2, -0.15) is 13.2 Å². The summed E-state index contributed by atoms with van der Waals surface area (Å²) in [6.45, 7) is 4.48. The number of carbonyl (C=O) groups is 1. The molecule has 0 saturated carbocycles. The van der Waals surface area contributed by atoms with Gasteiger partial charge < -0.3 is 18.8 Å². The van der Waals surface area contributed by atoms with Crippen molar-refractivity contribution in [3.8, 4) is 28.4 Å². The van der Waals surface area contributed by atoms with Gasteiger partial charge in [0.05, 0.1) is 19.4 Å². The molecule has 0 aliphatic rings. The van der Waals surface area contributed by atoms with Gasteiger partial charge in [0.2, 0.25) is 0 Å². The quantitative estimate of drug-likeness (QED) is 0.166. The summed E-state index contributed by atoms with van der Waals surface area (Å²) in [5, 5.41) is 0. The topological polar surface area (TPSA) is 75.5 Å². The number of imidazole rings is 1. The third-order valence-corrected chi connectivity index (χ3v) is 8.19. The predicted molar refractivity (Wildman–Crippen MR) is 153 cm³/mol. The van der Waals surface area contributed by atoms with Crippen LogP contribution in [-0.2, 0) is 27.2 Å². The molecule has 40 heavy (non-hydrogen) atoms. The monoisotopic (exact) mass is 581 g/mol. The number of ether oxygens (including phenoxy) is 3. The molecule has 0 fully saturated rings. The van der Waals surface area contributed by atoms with Crippen molar-refractivity contribution in [2.45, 2.75) is 39.6 Å². The Balaban J connectivity index is 1.74. The highest BCUT2D eigenvalue weighted by Crippen LogP contribution is 2.34. The first kappa shape index (κ1) is 31.5. The third kappa shape index (κ3) is 8.00. The van der Waals surface area contributed by atoms with Crippen LogP contribution in [0.2, 0.25) is 0 Å². The summed E-state index contributed by atoms with van der Waals surface area (Å²) < 4.78 is 58.2. The molecule has 2 aromatic heterocycles. The lowest BCUT2D eigenvalue weighted by atomic mass is 9.83. The summed E-state index contributed by atoms with van der Waals surface area (Å²) in [4.78, 5) is 20.6. The zero-order chi connectivity index (χ0) is 29.6. The number of carbonyl (C=O) groups excluding carboxylic acids is 1. The van der Waals surface area contributed by atoms with Crippen LogP contribution in [0.25, 0.3) is 22.6 Å². The molecule has 3 aromatic rings. The number of nitrogens with zero attached hydrogens (tertiary/aromatic N) is 3. The van der Waals surface area contributed by atoms with Crippen LogP contribution in [0.4, 0.5) is 13.2 Å². The van der Waals surface area contributed by atoms with E-state index >= 15 is 0 Å². The molecule has 0 aliphatic heterocycles. The van der Waals surface area contributed by atoms with Gasteiger partial charge in [-0.1, -0.05) is 13.8 Å². The van der Waals surface area contributed by atoms with Gasteiger partial charge in [0.1, 0.15) is 30.3 Å². The Bertz CT molecular complexity index is 1250. The van der Waals surface area contributed by atoms with Gasteiger partial charge in [0, 0.05) is 29.3 Å². The largest absolute Gasteiger partial charge is 0.492 e. The van der Waals surface area contributed by atoms with Crippen molar-refractivity contribution in [3.63, 3.8) is 0 Å². The number of hydrogen-bond donors (Lipinski definition) is 0. The Kier molecular flexibility index (Phi) is 10.3. The number of pyridine rings is 1. The Labute approximate surface area is 235 Å². The second-order valence-corrected chi connectivity index (χ2v) is 15.1. The van der Waals surface area contributed by atoms with Gasteiger partial charge in [-0.3, -0.25) is 9.78 Å². The average Bonchev–Trinajstić information content (AvgIpc) is 3.36. The van der Waals surface area contributed by atoms with E-state index in [-0.39, 0.29) is 25.1 Å². The van der Waals surface area contributed by atoms with E-state index in [9.17, 15) is 18.0 Å². The fourth-order valence-electron chi connectivity index (χ4n) is 4.01. The number of rotatable bonds is 13. The third-order valence-electron chi connectivity index (χ3n) is 6.80. The summed E-state index contributed by atoms with van der Waals surface area (Å²) in [6.07, 6.45) is 5.56. The minimum absolute atomic E-state index is 0.0372. The van der Waals surface area contributed by atoms with Crippen LogP contribution in [-0.4, -0.2) is 65.3 Å². The Hall–Kier alpha value is -3.05. The average molecular weight is 582 g/mol. The molecule has 2 heterocycles. The maximum atomic E-state index is 13.4. The van der Waals surface area contributed by atoms with Crippen LogP contribution in [0.1, 0.15) is 32.4 Å². The van der Waals surface area contributed by atoms with Crippen molar-refractivity contribution in [1.29, 1.82) is 0 Å². The molecule has 0 N–H and O–H groups in total. The fraction of sp³-hybridized carbons (Fsp3) is 0.483. The number of alkyl halides is 3. The second-order valence-electron chi connectivity index (χ2n) is 10.5. The summed E-state index contributed by atoms with van der Waals surface area (Å²) >= 11 is 0. The maximum Gasteiger partial charge on any atom is 0.434 e. The molecule has 0 unspecified atom stereocenters. The van der Waals surface area contributed by atoms with Gasteiger partial charge in [-0.15, -0.1) is 0 Å². The molecule has 11 heteroatoms. The molecule has 220 valence electrons. The minimum Gasteiger partial charge on any atom is -0.492 e. The number of esters is 1. The molecule has 1 aromatic carbocycles. The lowest BCUT2D eigenvalue weighted by Gasteiger charge is -2.28. The molecular formula is C29H38F3N3O4S. The minimum atomic E-state index is -4.57. The van der Waals surface area contributed by atoms with Crippen LogP contribution < -0.4 is 4.74 Å². The van der Waals surface area contributed by atoms with Crippen LogP contribution in [0.15, 0.2) is 48.8 Å². The molecule has 3 rings (SSSR count). The first-order valence-electron chi connectivity index (χ1n) is 13.0. The normalized spacial score (nSPS) is 12.8. The van der Waals surface area contributed by atoms with E-state index in [1.54, 1.807) is 24.3 Å². The standard InChI is InChI=1S/C29H38F3N3O4S/c1-7-28(8-2,27(36)37-3)19-39-23-12-9-21(10-13-23)24-14-11-22(17-33-24)26-34-25(29(30,31)32)18-35(26)20-38-15-16-40(4,5)6/h9-14,17-18H,7-8,15-16,19-20H2,1-6H3. The van der Waals surface area contributed by atoms with Gasteiger partial charge in [-0.05, 0) is 68.0 Å². The van der Waals surface area contributed by atoms with E-state index in [0.29, 0.717) is 36.5 Å². The number of methoxy groups -OCH3 is 1. The van der Waals surface area contributed by atoms with E-state index in [1.807, 2.05) is 26.0 Å². The number of halogens is 3. The van der Waals surface area contributed by atoms with Crippen molar-refractivity contribution in [2.75, 3.05) is 44.8 Å². The van der Waals surface area contributed by atoms with Crippen molar-refractivity contribution >= 4 is 16.0 Å². The molecule has 0 atom stereocenters. The summed E-state index contributed by atoms with van der Waals surface area (Å²) in [5.41, 5.74) is 0.203. The Morgan fingerprint density at radius 1 is 1.00 bits per heavy atom. The van der Waals surface area contributed by atoms with E-state index in [2.05, 4.69) is 28.7 Å². The highest BCUT2D eigenvalue weighted by atomic mass is 32.3. The fourth-order valence-corrected chi connectivity index (χ4v) is 4.63. The Morgan fingerprint density at radius 2 is 1.65 bits per heavy atom. The lowest BCUT2D eigenvalue weighted by Crippen LogP contribution is -2.37. The summed E-state index contributed by atoms with van der Waals surface area (Å²) in [5.74, 6) is 1.30. The highest BCUT2D eigenvalue weighted by Gasteiger charge is 2.37. The zero-order valence-corrected chi connectivity index (χ0v) is 24.7. The summed E-state index contributed by atoms with van der Waals surface area (Å²) in [6, 6.07) is 10.7. The molecule has 0 radical (unpaired) electrons.